The number of fused-ring (bicyclic) bond motifs is 1. The number of imidazole rings is 1. The number of nitrogens with zero attached hydrogens (tertiary/aromatic N) is 2. The molecule has 18 heavy (non-hydrogen) atoms. The van der Waals surface area contributed by atoms with E-state index in [1.807, 2.05) is 24.4 Å². The molecule has 2 heterocycles. The smallest absolute Gasteiger partial charge is 0.148 e. The van der Waals surface area contributed by atoms with E-state index in [9.17, 15) is 5.11 Å². The molecule has 0 atom stereocenters. The van der Waals surface area contributed by atoms with E-state index in [1.165, 1.54) is 0 Å². The van der Waals surface area contributed by atoms with Crippen molar-refractivity contribution in [3.63, 3.8) is 0 Å². The van der Waals surface area contributed by atoms with Crippen molar-refractivity contribution in [2.45, 2.75) is 13.2 Å². The van der Waals surface area contributed by atoms with Crippen molar-refractivity contribution in [2.24, 2.45) is 0 Å². The Labute approximate surface area is 105 Å². The first kappa shape index (κ1) is 11.1. The van der Waals surface area contributed by atoms with E-state index in [0.717, 1.165) is 35.8 Å². The number of aliphatic hydroxyl groups excluding tert-OH is 1. The minimum absolute atomic E-state index is 0.00106. The molecule has 1 aromatic carbocycles. The molecule has 5 heteroatoms. The van der Waals surface area contributed by atoms with Gasteiger partial charge in [0.25, 0.3) is 0 Å². The summed E-state index contributed by atoms with van der Waals surface area (Å²) in [6, 6.07) is 5.85. The molecule has 1 aromatic heterocycles. The number of aliphatic hydroxyl groups is 1. The van der Waals surface area contributed by atoms with Gasteiger partial charge in [-0.15, -0.1) is 0 Å². The summed E-state index contributed by atoms with van der Waals surface area (Å²) in [7, 11) is 0. The van der Waals surface area contributed by atoms with E-state index in [0.29, 0.717) is 6.61 Å². The number of hydrogen-bond acceptors (Lipinski definition) is 4. The predicted molar refractivity (Wildman–Crippen MR) is 67.5 cm³/mol. The second kappa shape index (κ2) is 4.70. The highest BCUT2D eigenvalue weighted by Crippen LogP contribution is 2.35. The highest BCUT2D eigenvalue weighted by atomic mass is 16.5. The van der Waals surface area contributed by atoms with Crippen LogP contribution < -0.4 is 9.64 Å². The van der Waals surface area contributed by atoms with E-state index in [2.05, 4.69) is 14.9 Å². The van der Waals surface area contributed by atoms with Crippen LogP contribution in [0, 0.1) is 0 Å². The highest BCUT2D eigenvalue weighted by Gasteiger charge is 2.20. The molecule has 0 radical (unpaired) electrons. The summed E-state index contributed by atoms with van der Waals surface area (Å²) < 4.78 is 5.67. The number of hydrogen-bond donors (Lipinski definition) is 2. The van der Waals surface area contributed by atoms with Crippen LogP contribution in [-0.2, 0) is 13.2 Å². The first-order valence-corrected chi connectivity index (χ1v) is 5.96. The zero-order valence-corrected chi connectivity index (χ0v) is 9.97. The summed E-state index contributed by atoms with van der Waals surface area (Å²) in [5, 5.41) is 9.32. The Hall–Kier alpha value is -2.01. The number of para-hydroxylation sites is 1. The van der Waals surface area contributed by atoms with E-state index in [1.54, 1.807) is 6.33 Å². The third kappa shape index (κ3) is 1.93. The van der Waals surface area contributed by atoms with Gasteiger partial charge in [0.15, 0.2) is 0 Å². The zero-order valence-electron chi connectivity index (χ0n) is 9.97. The van der Waals surface area contributed by atoms with Crippen molar-refractivity contribution in [2.75, 3.05) is 18.1 Å². The summed E-state index contributed by atoms with van der Waals surface area (Å²) in [5.41, 5.74) is 2.93. The molecule has 0 saturated carbocycles. The van der Waals surface area contributed by atoms with Crippen LogP contribution >= 0.6 is 0 Å². The van der Waals surface area contributed by atoms with Crippen molar-refractivity contribution in [1.82, 2.24) is 9.97 Å². The maximum atomic E-state index is 9.32. The topological polar surface area (TPSA) is 61.4 Å². The molecule has 94 valence electrons. The Balaban J connectivity index is 1.92. The van der Waals surface area contributed by atoms with Gasteiger partial charge < -0.3 is 19.7 Å². The number of H-pyrrole nitrogens is 1. The van der Waals surface area contributed by atoms with Crippen LogP contribution in [0.25, 0.3) is 0 Å². The molecule has 2 N–H and O–H groups in total. The molecule has 0 bridgehead atoms. The normalized spacial score (nSPS) is 14.2. The van der Waals surface area contributed by atoms with Gasteiger partial charge in [0.1, 0.15) is 12.4 Å². The summed E-state index contributed by atoms with van der Waals surface area (Å²) in [5.74, 6) is 0.797. The second-order valence-electron chi connectivity index (χ2n) is 4.27. The van der Waals surface area contributed by atoms with E-state index < -0.39 is 0 Å². The molecule has 0 amide bonds. The second-order valence-corrected chi connectivity index (χ2v) is 4.27. The van der Waals surface area contributed by atoms with Gasteiger partial charge in [-0.05, 0) is 6.07 Å². The lowest BCUT2D eigenvalue weighted by atomic mass is 10.1. The minimum Gasteiger partial charge on any atom is -0.489 e. The van der Waals surface area contributed by atoms with Crippen molar-refractivity contribution in [3.05, 3.63) is 42.0 Å². The van der Waals surface area contributed by atoms with Crippen LogP contribution in [0.5, 0.6) is 5.75 Å². The van der Waals surface area contributed by atoms with Crippen LogP contribution in [0.4, 0.5) is 5.69 Å². The molecule has 1 aliphatic rings. The largest absolute Gasteiger partial charge is 0.489 e. The number of nitrogens with one attached hydrogen (secondary N) is 1. The van der Waals surface area contributed by atoms with Crippen LogP contribution in [0.15, 0.2) is 30.7 Å². The van der Waals surface area contributed by atoms with Crippen LogP contribution in [0.1, 0.15) is 11.3 Å². The minimum atomic E-state index is 0.00106. The first-order valence-electron chi connectivity index (χ1n) is 5.96. The van der Waals surface area contributed by atoms with Gasteiger partial charge in [0, 0.05) is 11.8 Å². The Morgan fingerprint density at radius 2 is 2.39 bits per heavy atom. The predicted octanol–water partition coefficient (Wildman–Crippen LogP) is 1.30. The molecule has 0 saturated heterocycles. The highest BCUT2D eigenvalue weighted by molar-refractivity contribution is 5.63. The van der Waals surface area contributed by atoms with Crippen LogP contribution in [0.3, 0.4) is 0 Å². The fourth-order valence-electron chi connectivity index (χ4n) is 2.23. The van der Waals surface area contributed by atoms with E-state index >= 15 is 0 Å². The molecule has 0 fully saturated rings. The number of ether oxygens (including phenoxy) is 1. The quantitative estimate of drug-likeness (QED) is 0.855. The van der Waals surface area contributed by atoms with E-state index in [4.69, 9.17) is 4.74 Å². The Kier molecular flexibility index (Phi) is 2.90. The molecule has 0 spiro atoms. The lowest BCUT2D eigenvalue weighted by molar-refractivity contribution is 0.259. The van der Waals surface area contributed by atoms with Crippen LogP contribution in [0.2, 0.25) is 0 Å². The molecule has 0 aliphatic carbocycles. The molecule has 3 rings (SSSR count). The number of aromatic nitrogens is 2. The van der Waals surface area contributed by atoms with Gasteiger partial charge in [0.2, 0.25) is 0 Å². The molecular formula is C13H15N3O2. The number of benzene rings is 1. The molecule has 1 aliphatic heterocycles. The Bertz CT molecular complexity index is 525. The van der Waals surface area contributed by atoms with Crippen molar-refractivity contribution in [3.8, 4) is 5.75 Å². The standard InChI is InChI=1S/C13H15N3O2/c17-8-10-2-1-3-12-13(10)18-5-4-16(12)7-11-6-14-9-15-11/h1-3,6,9,17H,4-5,7-8H2,(H,14,15). The maximum Gasteiger partial charge on any atom is 0.148 e. The summed E-state index contributed by atoms with van der Waals surface area (Å²) >= 11 is 0. The molecule has 0 unspecified atom stereocenters. The number of rotatable bonds is 3. The fourth-order valence-corrected chi connectivity index (χ4v) is 2.23. The third-order valence-corrected chi connectivity index (χ3v) is 3.11. The van der Waals surface area contributed by atoms with Gasteiger partial charge in [-0.3, -0.25) is 0 Å². The average Bonchev–Trinajstić information content (AvgIpc) is 2.91. The molecular weight excluding hydrogens is 230 g/mol. The van der Waals surface area contributed by atoms with Crippen molar-refractivity contribution < 1.29 is 9.84 Å². The van der Waals surface area contributed by atoms with Crippen LogP contribution in [-0.4, -0.2) is 28.2 Å². The lowest BCUT2D eigenvalue weighted by Crippen LogP contribution is -2.32. The summed E-state index contributed by atoms with van der Waals surface area (Å²) in [6.45, 7) is 2.24. The Morgan fingerprint density at radius 3 is 3.17 bits per heavy atom. The monoisotopic (exact) mass is 245 g/mol. The van der Waals surface area contributed by atoms with E-state index in [-0.39, 0.29) is 6.61 Å². The van der Waals surface area contributed by atoms with Gasteiger partial charge in [-0.2, -0.15) is 0 Å². The van der Waals surface area contributed by atoms with Crippen molar-refractivity contribution in [1.29, 1.82) is 0 Å². The van der Waals surface area contributed by atoms with Gasteiger partial charge in [-0.1, -0.05) is 12.1 Å². The number of anilines is 1. The fraction of sp³-hybridized carbons (Fsp3) is 0.308. The molecule has 2 aromatic rings. The van der Waals surface area contributed by atoms with Gasteiger partial charge in [-0.25, -0.2) is 4.98 Å². The lowest BCUT2D eigenvalue weighted by Gasteiger charge is -2.31. The first-order chi connectivity index (χ1) is 8.88. The summed E-state index contributed by atoms with van der Waals surface area (Å²) in [4.78, 5) is 9.35. The molecule has 5 nitrogen and oxygen atoms in total. The maximum absolute atomic E-state index is 9.32. The van der Waals surface area contributed by atoms with Gasteiger partial charge >= 0.3 is 0 Å². The Morgan fingerprint density at radius 1 is 1.44 bits per heavy atom. The zero-order chi connectivity index (χ0) is 12.4. The average molecular weight is 245 g/mol. The third-order valence-electron chi connectivity index (χ3n) is 3.11. The van der Waals surface area contributed by atoms with Crippen molar-refractivity contribution >= 4 is 5.69 Å². The number of aromatic amines is 1. The van der Waals surface area contributed by atoms with Gasteiger partial charge in [0.05, 0.1) is 37.4 Å². The summed E-state index contributed by atoms with van der Waals surface area (Å²) in [6.07, 6.45) is 3.51. The SMILES string of the molecule is OCc1cccc2c1OCCN2Cc1cnc[nH]1.